The van der Waals surface area contributed by atoms with E-state index in [4.69, 9.17) is 12.2 Å². The van der Waals surface area contributed by atoms with E-state index in [-0.39, 0.29) is 0 Å². The van der Waals surface area contributed by atoms with Gasteiger partial charge in [0.25, 0.3) is 0 Å². The predicted molar refractivity (Wildman–Crippen MR) is 87.8 cm³/mol. The fourth-order valence-electron chi connectivity index (χ4n) is 2.37. The molecule has 2 aromatic rings. The van der Waals surface area contributed by atoms with Crippen LogP contribution in [-0.2, 0) is 6.42 Å². The highest BCUT2D eigenvalue weighted by Gasteiger charge is 2.27. The molecule has 1 fully saturated rings. The second-order valence-corrected chi connectivity index (χ2v) is 6.77. The molecule has 0 atom stereocenters. The largest absolute Gasteiger partial charge is 0.346 e. The Morgan fingerprint density at radius 2 is 2.05 bits per heavy atom. The van der Waals surface area contributed by atoms with Gasteiger partial charge in [-0.3, -0.25) is 0 Å². The number of hydrogen-bond donors (Lipinski definition) is 1. The van der Waals surface area contributed by atoms with E-state index < -0.39 is 0 Å². The Bertz CT molecular complexity index is 717. The van der Waals surface area contributed by atoms with Gasteiger partial charge in [0.1, 0.15) is 10.5 Å². The number of benzene rings is 1. The van der Waals surface area contributed by atoms with E-state index in [1.807, 2.05) is 0 Å². The fraction of sp³-hybridized carbons (Fsp3) is 0.375. The van der Waals surface area contributed by atoms with Gasteiger partial charge in [-0.05, 0) is 59.3 Å². The van der Waals surface area contributed by atoms with Crippen molar-refractivity contribution in [1.29, 1.82) is 0 Å². The highest BCUT2D eigenvalue weighted by atomic mass is 79.9. The summed E-state index contributed by atoms with van der Waals surface area (Å²) < 4.78 is 1.64. The Labute approximate surface area is 132 Å². The quantitative estimate of drug-likeness (QED) is 0.791. The van der Waals surface area contributed by atoms with E-state index in [9.17, 15) is 0 Å². The molecule has 0 radical (unpaired) electrons. The molecule has 1 heterocycles. The van der Waals surface area contributed by atoms with Crippen LogP contribution in [0, 0.1) is 18.5 Å². The Balaban J connectivity index is 1.94. The van der Waals surface area contributed by atoms with Crippen LogP contribution in [-0.4, -0.2) is 9.97 Å². The average molecular weight is 349 g/mol. The normalized spacial score (nSPS) is 14.6. The molecule has 20 heavy (non-hydrogen) atoms. The molecule has 0 bridgehead atoms. The number of nitrogens with zero attached hydrogens (tertiary/aromatic N) is 1. The number of hydrogen-bond acceptors (Lipinski definition) is 2. The summed E-state index contributed by atoms with van der Waals surface area (Å²) in [6, 6.07) is 6.56. The maximum atomic E-state index is 5.36. The number of nitrogens with one attached hydrogen (secondary N) is 1. The Morgan fingerprint density at radius 1 is 1.30 bits per heavy atom. The minimum atomic E-state index is 0.632. The lowest BCUT2D eigenvalue weighted by molar-refractivity contribution is 0.882. The second kappa shape index (κ2) is 5.41. The third kappa shape index (κ3) is 2.86. The van der Waals surface area contributed by atoms with Gasteiger partial charge < -0.3 is 4.98 Å². The third-order valence-electron chi connectivity index (χ3n) is 3.87. The van der Waals surface area contributed by atoms with Crippen molar-refractivity contribution in [2.45, 2.75) is 39.0 Å². The van der Waals surface area contributed by atoms with Crippen LogP contribution in [0.15, 0.2) is 22.7 Å². The summed E-state index contributed by atoms with van der Waals surface area (Å²) in [7, 11) is 0. The van der Waals surface area contributed by atoms with Crippen LogP contribution in [0.25, 0.3) is 0 Å². The molecule has 1 aliphatic carbocycles. The van der Waals surface area contributed by atoms with Crippen molar-refractivity contribution in [2.75, 3.05) is 0 Å². The van der Waals surface area contributed by atoms with Crippen molar-refractivity contribution < 1.29 is 0 Å². The van der Waals surface area contributed by atoms with Crippen LogP contribution < -0.4 is 0 Å². The van der Waals surface area contributed by atoms with Gasteiger partial charge in [-0.15, -0.1) is 0 Å². The minimum Gasteiger partial charge on any atom is -0.346 e. The number of rotatable bonds is 3. The molecule has 0 aliphatic heterocycles. The van der Waals surface area contributed by atoms with Crippen molar-refractivity contribution in [3.05, 3.63) is 55.5 Å². The Hall–Kier alpha value is -1.00. The first kappa shape index (κ1) is 14.0. The highest BCUT2D eigenvalue weighted by molar-refractivity contribution is 9.10. The summed E-state index contributed by atoms with van der Waals surface area (Å²) in [6.07, 6.45) is 3.30. The number of H-pyrrole nitrogens is 1. The second-order valence-electron chi connectivity index (χ2n) is 5.59. The molecule has 0 spiro atoms. The lowest BCUT2D eigenvalue weighted by Gasteiger charge is -2.09. The van der Waals surface area contributed by atoms with E-state index in [0.717, 1.165) is 16.7 Å². The standard InChI is InChI=1S/C16H17BrN2S/c1-9-3-4-11(7-10(9)2)8-13-18-15(12-5-6-12)14(17)16(20)19-13/h3-4,7,12H,5-6,8H2,1-2H3,(H,18,19,20). The van der Waals surface area contributed by atoms with Crippen molar-refractivity contribution in [2.24, 2.45) is 0 Å². The van der Waals surface area contributed by atoms with Gasteiger partial charge in [0, 0.05) is 18.0 Å². The third-order valence-corrected chi connectivity index (χ3v) is 5.23. The Kier molecular flexibility index (Phi) is 3.78. The lowest BCUT2D eigenvalue weighted by Crippen LogP contribution is -2.02. The van der Waals surface area contributed by atoms with Gasteiger partial charge in [0.2, 0.25) is 0 Å². The SMILES string of the molecule is Cc1ccc(Cc2nc(=S)c(Br)c(C3CC3)[nH]2)cc1C. The fourth-order valence-corrected chi connectivity index (χ4v) is 3.10. The topological polar surface area (TPSA) is 28.7 Å². The average Bonchev–Trinajstić information content (AvgIpc) is 3.22. The summed E-state index contributed by atoms with van der Waals surface area (Å²) in [6.45, 7) is 4.28. The molecule has 1 N–H and O–H groups in total. The van der Waals surface area contributed by atoms with Crippen LogP contribution in [0.3, 0.4) is 0 Å². The van der Waals surface area contributed by atoms with Gasteiger partial charge in [0.05, 0.1) is 4.47 Å². The lowest BCUT2D eigenvalue weighted by atomic mass is 10.0. The Morgan fingerprint density at radius 3 is 2.70 bits per heavy atom. The first-order valence-corrected chi connectivity index (χ1v) is 8.09. The van der Waals surface area contributed by atoms with Crippen LogP contribution >= 0.6 is 28.1 Å². The van der Waals surface area contributed by atoms with E-state index >= 15 is 0 Å². The number of aromatic nitrogens is 2. The zero-order valence-electron chi connectivity index (χ0n) is 11.7. The molecule has 0 saturated heterocycles. The molecule has 1 aromatic heterocycles. The van der Waals surface area contributed by atoms with Gasteiger partial charge in [0.15, 0.2) is 0 Å². The number of aryl methyl sites for hydroxylation is 2. The number of halogens is 1. The first-order valence-electron chi connectivity index (χ1n) is 6.89. The smallest absolute Gasteiger partial charge is 0.144 e. The maximum Gasteiger partial charge on any atom is 0.144 e. The summed E-state index contributed by atoms with van der Waals surface area (Å²) >= 11 is 8.92. The molecule has 3 rings (SSSR count). The molecular weight excluding hydrogens is 332 g/mol. The predicted octanol–water partition coefficient (Wildman–Crippen LogP) is 4.99. The van der Waals surface area contributed by atoms with Crippen molar-refractivity contribution in [3.63, 3.8) is 0 Å². The first-order chi connectivity index (χ1) is 9.54. The van der Waals surface area contributed by atoms with E-state index in [1.165, 1.54) is 35.2 Å². The van der Waals surface area contributed by atoms with Gasteiger partial charge >= 0.3 is 0 Å². The molecule has 1 saturated carbocycles. The number of aromatic amines is 1. The van der Waals surface area contributed by atoms with E-state index in [1.54, 1.807) is 0 Å². The van der Waals surface area contributed by atoms with Crippen LogP contribution in [0.2, 0.25) is 0 Å². The van der Waals surface area contributed by atoms with Gasteiger partial charge in [-0.2, -0.15) is 0 Å². The highest BCUT2D eigenvalue weighted by Crippen LogP contribution is 2.42. The summed E-state index contributed by atoms with van der Waals surface area (Å²) in [5.41, 5.74) is 5.14. The molecule has 1 aromatic carbocycles. The summed E-state index contributed by atoms with van der Waals surface area (Å²) in [5, 5.41) is 0. The van der Waals surface area contributed by atoms with E-state index in [0.29, 0.717) is 10.6 Å². The summed E-state index contributed by atoms with van der Waals surface area (Å²) in [4.78, 5) is 7.98. The molecular formula is C16H17BrN2S. The zero-order valence-corrected chi connectivity index (χ0v) is 14.1. The zero-order chi connectivity index (χ0) is 14.3. The molecule has 0 amide bonds. The molecule has 0 unspecified atom stereocenters. The maximum absolute atomic E-state index is 5.36. The van der Waals surface area contributed by atoms with Crippen molar-refractivity contribution in [1.82, 2.24) is 9.97 Å². The molecule has 104 valence electrons. The van der Waals surface area contributed by atoms with Crippen molar-refractivity contribution in [3.8, 4) is 0 Å². The van der Waals surface area contributed by atoms with Crippen LogP contribution in [0.5, 0.6) is 0 Å². The monoisotopic (exact) mass is 348 g/mol. The van der Waals surface area contributed by atoms with Crippen LogP contribution in [0.4, 0.5) is 0 Å². The minimum absolute atomic E-state index is 0.632. The van der Waals surface area contributed by atoms with Crippen LogP contribution in [0.1, 0.15) is 47.0 Å². The van der Waals surface area contributed by atoms with Gasteiger partial charge in [-0.25, -0.2) is 4.98 Å². The molecule has 4 heteroatoms. The molecule has 2 nitrogen and oxygen atoms in total. The summed E-state index contributed by atoms with van der Waals surface area (Å²) in [5.74, 6) is 1.59. The van der Waals surface area contributed by atoms with E-state index in [2.05, 4.69) is 57.9 Å². The van der Waals surface area contributed by atoms with Gasteiger partial charge in [-0.1, -0.05) is 30.4 Å². The molecule has 1 aliphatic rings. The van der Waals surface area contributed by atoms with Crippen molar-refractivity contribution >= 4 is 28.1 Å².